The molecular formula is C17H16Br2O2. The van der Waals surface area contributed by atoms with Gasteiger partial charge in [-0.1, -0.05) is 92.5 Å². The molecule has 21 heavy (non-hydrogen) atoms. The van der Waals surface area contributed by atoms with E-state index in [1.54, 1.807) is 0 Å². The molecule has 1 saturated heterocycles. The zero-order chi connectivity index (χ0) is 14.7. The summed E-state index contributed by atoms with van der Waals surface area (Å²) in [6.07, 6.45) is 0. The fraction of sp³-hybridized carbons (Fsp3) is 0.294. The van der Waals surface area contributed by atoms with Crippen LogP contribution in [0.5, 0.6) is 0 Å². The molecule has 110 valence electrons. The first-order valence-electron chi connectivity index (χ1n) is 6.89. The van der Waals surface area contributed by atoms with Crippen LogP contribution in [-0.4, -0.2) is 22.9 Å². The third kappa shape index (κ3) is 3.09. The van der Waals surface area contributed by atoms with Crippen LogP contribution in [0, 0.1) is 0 Å². The van der Waals surface area contributed by atoms with Crippen molar-refractivity contribution in [3.8, 4) is 0 Å². The lowest BCUT2D eigenvalue weighted by atomic mass is 9.97. The van der Waals surface area contributed by atoms with Gasteiger partial charge < -0.3 is 9.47 Å². The van der Waals surface area contributed by atoms with Crippen LogP contribution in [0.1, 0.15) is 11.1 Å². The van der Waals surface area contributed by atoms with Gasteiger partial charge in [-0.25, -0.2) is 0 Å². The van der Waals surface area contributed by atoms with E-state index in [1.807, 2.05) is 60.7 Å². The SMILES string of the molecule is Br[C@H]1COC(c2ccccc2)(c2ccccc2)OC[C@@H]1Br. The lowest BCUT2D eigenvalue weighted by Crippen LogP contribution is -2.34. The van der Waals surface area contributed by atoms with Gasteiger partial charge in [0, 0.05) is 11.1 Å². The quantitative estimate of drug-likeness (QED) is 0.679. The fourth-order valence-electron chi connectivity index (χ4n) is 2.46. The van der Waals surface area contributed by atoms with Gasteiger partial charge in [-0.2, -0.15) is 0 Å². The molecule has 1 fully saturated rings. The van der Waals surface area contributed by atoms with Crippen LogP contribution in [0.25, 0.3) is 0 Å². The van der Waals surface area contributed by atoms with Crippen LogP contribution < -0.4 is 0 Å². The molecular weight excluding hydrogens is 396 g/mol. The van der Waals surface area contributed by atoms with Gasteiger partial charge in [-0.3, -0.25) is 0 Å². The smallest absolute Gasteiger partial charge is 0.222 e. The predicted molar refractivity (Wildman–Crippen MR) is 91.0 cm³/mol. The van der Waals surface area contributed by atoms with Gasteiger partial charge in [0.25, 0.3) is 0 Å². The molecule has 0 radical (unpaired) electrons. The van der Waals surface area contributed by atoms with Gasteiger partial charge in [-0.05, 0) is 0 Å². The van der Waals surface area contributed by atoms with Gasteiger partial charge in [0.1, 0.15) is 0 Å². The molecule has 0 spiro atoms. The molecule has 0 N–H and O–H groups in total. The number of hydrogen-bond donors (Lipinski definition) is 0. The van der Waals surface area contributed by atoms with Crippen molar-refractivity contribution in [1.29, 1.82) is 0 Å². The van der Waals surface area contributed by atoms with Crippen LogP contribution in [-0.2, 0) is 15.3 Å². The molecule has 0 aromatic heterocycles. The Hall–Kier alpha value is -0.680. The van der Waals surface area contributed by atoms with E-state index in [0.29, 0.717) is 13.2 Å². The average molecular weight is 412 g/mol. The first kappa shape index (κ1) is 15.2. The highest BCUT2D eigenvalue weighted by atomic mass is 79.9. The van der Waals surface area contributed by atoms with Gasteiger partial charge in [0.05, 0.1) is 22.9 Å². The average Bonchev–Trinajstić information content (AvgIpc) is 2.70. The summed E-state index contributed by atoms with van der Waals surface area (Å²) in [5.74, 6) is -0.850. The van der Waals surface area contributed by atoms with E-state index < -0.39 is 5.79 Å². The summed E-state index contributed by atoms with van der Waals surface area (Å²) in [5, 5.41) is 0. The van der Waals surface area contributed by atoms with Crippen molar-refractivity contribution in [3.63, 3.8) is 0 Å². The van der Waals surface area contributed by atoms with E-state index in [-0.39, 0.29) is 9.65 Å². The second kappa shape index (κ2) is 6.61. The maximum absolute atomic E-state index is 6.25. The number of hydrogen-bond acceptors (Lipinski definition) is 2. The molecule has 2 nitrogen and oxygen atoms in total. The highest BCUT2D eigenvalue weighted by Gasteiger charge is 2.41. The van der Waals surface area contributed by atoms with Gasteiger partial charge in [0.2, 0.25) is 5.79 Å². The fourth-order valence-corrected chi connectivity index (χ4v) is 3.03. The van der Waals surface area contributed by atoms with Gasteiger partial charge in [0.15, 0.2) is 0 Å². The molecule has 0 unspecified atom stereocenters. The Morgan fingerprint density at radius 2 is 1.10 bits per heavy atom. The Morgan fingerprint density at radius 1 is 0.714 bits per heavy atom. The molecule has 3 rings (SSSR count). The van der Waals surface area contributed by atoms with E-state index in [9.17, 15) is 0 Å². The first-order valence-corrected chi connectivity index (χ1v) is 8.72. The summed E-state index contributed by atoms with van der Waals surface area (Å²) in [6, 6.07) is 20.2. The molecule has 1 heterocycles. The first-order chi connectivity index (χ1) is 10.2. The molecule has 4 heteroatoms. The molecule has 0 bridgehead atoms. The second-order valence-electron chi connectivity index (χ2n) is 5.00. The van der Waals surface area contributed by atoms with Crippen LogP contribution in [0.3, 0.4) is 0 Å². The molecule has 1 aliphatic heterocycles. The normalized spacial score (nSPS) is 25.2. The lowest BCUT2D eigenvalue weighted by Gasteiger charge is -2.33. The predicted octanol–water partition coefficient (Wildman–Crippen LogP) is 4.46. The zero-order valence-corrected chi connectivity index (χ0v) is 14.6. The van der Waals surface area contributed by atoms with E-state index in [1.165, 1.54) is 0 Å². The Morgan fingerprint density at radius 3 is 1.48 bits per heavy atom. The monoisotopic (exact) mass is 410 g/mol. The molecule has 0 aliphatic carbocycles. The topological polar surface area (TPSA) is 18.5 Å². The molecule has 2 aromatic rings. The second-order valence-corrected chi connectivity index (χ2v) is 7.35. The summed E-state index contributed by atoms with van der Waals surface area (Å²) in [7, 11) is 0. The van der Waals surface area contributed by atoms with E-state index in [2.05, 4.69) is 31.9 Å². The minimum absolute atomic E-state index is 0.215. The van der Waals surface area contributed by atoms with Crippen molar-refractivity contribution >= 4 is 31.9 Å². The van der Waals surface area contributed by atoms with Crippen LogP contribution in [0.15, 0.2) is 60.7 Å². The zero-order valence-electron chi connectivity index (χ0n) is 11.4. The third-order valence-electron chi connectivity index (χ3n) is 3.59. The van der Waals surface area contributed by atoms with Crippen molar-refractivity contribution in [2.45, 2.75) is 15.4 Å². The highest BCUT2D eigenvalue weighted by molar-refractivity contribution is 9.12. The Labute approximate surface area is 141 Å². The summed E-state index contributed by atoms with van der Waals surface area (Å²) < 4.78 is 12.5. The summed E-state index contributed by atoms with van der Waals surface area (Å²) in [6.45, 7) is 1.14. The van der Waals surface area contributed by atoms with Gasteiger partial charge in [-0.15, -0.1) is 0 Å². The molecule has 2 aromatic carbocycles. The minimum Gasteiger partial charge on any atom is -0.341 e. The largest absolute Gasteiger partial charge is 0.341 e. The molecule has 1 aliphatic rings. The standard InChI is InChI=1S/C17H16Br2O2/c18-15-11-20-17(21-12-16(15)19,13-7-3-1-4-8-13)14-9-5-2-6-10-14/h1-10,15-16H,11-12H2/t15-,16-/m0/s1. The maximum Gasteiger partial charge on any atom is 0.222 e. The van der Waals surface area contributed by atoms with Crippen molar-refractivity contribution < 1.29 is 9.47 Å². The third-order valence-corrected chi connectivity index (χ3v) is 6.11. The number of rotatable bonds is 2. The van der Waals surface area contributed by atoms with Crippen LogP contribution >= 0.6 is 31.9 Å². The maximum atomic E-state index is 6.25. The molecule has 0 saturated carbocycles. The van der Waals surface area contributed by atoms with Crippen LogP contribution in [0.4, 0.5) is 0 Å². The van der Waals surface area contributed by atoms with E-state index in [0.717, 1.165) is 11.1 Å². The number of halogens is 2. The van der Waals surface area contributed by atoms with E-state index in [4.69, 9.17) is 9.47 Å². The summed E-state index contributed by atoms with van der Waals surface area (Å²) >= 11 is 7.30. The Bertz CT molecular complexity index is 520. The lowest BCUT2D eigenvalue weighted by molar-refractivity contribution is -0.203. The van der Waals surface area contributed by atoms with Crippen molar-refractivity contribution in [3.05, 3.63) is 71.8 Å². The Kier molecular flexibility index (Phi) is 4.79. The Balaban J connectivity index is 2.08. The van der Waals surface area contributed by atoms with Gasteiger partial charge >= 0.3 is 0 Å². The van der Waals surface area contributed by atoms with Crippen LogP contribution in [0.2, 0.25) is 0 Å². The number of ether oxygens (including phenoxy) is 2. The summed E-state index contributed by atoms with van der Waals surface area (Å²) in [4.78, 5) is 0.429. The summed E-state index contributed by atoms with van der Waals surface area (Å²) in [5.41, 5.74) is 2.02. The molecule has 0 amide bonds. The number of benzene rings is 2. The molecule has 2 atom stereocenters. The van der Waals surface area contributed by atoms with Crippen molar-refractivity contribution in [2.24, 2.45) is 0 Å². The van der Waals surface area contributed by atoms with E-state index >= 15 is 0 Å². The van der Waals surface area contributed by atoms with Crippen molar-refractivity contribution in [1.82, 2.24) is 0 Å². The minimum atomic E-state index is -0.850. The number of alkyl halides is 2. The highest BCUT2D eigenvalue weighted by Crippen LogP contribution is 2.38. The van der Waals surface area contributed by atoms with Crippen molar-refractivity contribution in [2.75, 3.05) is 13.2 Å².